The van der Waals surface area contributed by atoms with Crippen LogP contribution in [0.5, 0.6) is 0 Å². The largest absolute Gasteiger partial charge is 0.469 e. The number of piperidine rings is 1. The zero-order valence-electron chi connectivity index (χ0n) is 20.9. The van der Waals surface area contributed by atoms with Gasteiger partial charge in [-0.15, -0.1) is 0 Å². The summed E-state index contributed by atoms with van der Waals surface area (Å²) < 4.78 is 16.6. The van der Waals surface area contributed by atoms with Gasteiger partial charge in [-0.05, 0) is 51.2 Å². The number of amides is 1. The summed E-state index contributed by atoms with van der Waals surface area (Å²) in [6.45, 7) is 10.5. The summed E-state index contributed by atoms with van der Waals surface area (Å²) in [5.41, 5.74) is 0.708. The van der Waals surface area contributed by atoms with Crippen LogP contribution in [0, 0.1) is 11.8 Å². The van der Waals surface area contributed by atoms with Crippen molar-refractivity contribution in [2.24, 2.45) is 11.8 Å². The Balaban J connectivity index is 1.56. The van der Waals surface area contributed by atoms with Gasteiger partial charge in [0, 0.05) is 25.3 Å². The molecular weight excluding hydrogens is 438 g/mol. The molecule has 1 aromatic rings. The van der Waals surface area contributed by atoms with Crippen LogP contribution < -0.4 is 4.90 Å². The van der Waals surface area contributed by atoms with Crippen molar-refractivity contribution in [1.29, 1.82) is 0 Å². The van der Waals surface area contributed by atoms with Crippen LogP contribution in [0.2, 0.25) is 0 Å². The highest BCUT2D eigenvalue weighted by molar-refractivity contribution is 5.96. The average molecular weight is 476 g/mol. The van der Waals surface area contributed by atoms with Gasteiger partial charge in [0.05, 0.1) is 30.7 Å². The fourth-order valence-corrected chi connectivity index (χ4v) is 4.53. The van der Waals surface area contributed by atoms with Gasteiger partial charge in [-0.1, -0.05) is 19.9 Å². The number of aromatic nitrogens is 1. The molecule has 188 valence electrons. The second-order valence-corrected chi connectivity index (χ2v) is 10.8. The molecular formula is C25H37N3O6. The molecule has 3 aliphatic rings. The minimum absolute atomic E-state index is 0.0539. The number of pyridine rings is 1. The standard InChI is InChI=1S/C25H37N3O6/c1-14(2)15-7-10-19(26-11-15)28(16-8-9-16)21(30)17-12-27(13-18(20(17)29)23(31)32-6)22-24(33-22)34-25(3,4)5/h7,10-11,14,16-18,20,22,24,29H,8-9,12-13H2,1-6H3/t17-,18+,20-,22?,24?/m0/s1. The summed E-state index contributed by atoms with van der Waals surface area (Å²) in [7, 11) is 1.29. The van der Waals surface area contributed by atoms with Gasteiger partial charge in [0.1, 0.15) is 5.82 Å². The number of aliphatic hydroxyl groups excluding tert-OH is 1. The maximum absolute atomic E-state index is 13.8. The van der Waals surface area contributed by atoms with Crippen molar-refractivity contribution in [1.82, 2.24) is 9.88 Å². The van der Waals surface area contributed by atoms with E-state index in [1.54, 1.807) is 11.1 Å². The number of hydrogen-bond acceptors (Lipinski definition) is 8. The van der Waals surface area contributed by atoms with E-state index >= 15 is 0 Å². The van der Waals surface area contributed by atoms with Crippen LogP contribution in [0.25, 0.3) is 0 Å². The Morgan fingerprint density at radius 3 is 2.41 bits per heavy atom. The first-order valence-corrected chi connectivity index (χ1v) is 12.1. The third-order valence-electron chi connectivity index (χ3n) is 6.60. The molecule has 2 unspecified atom stereocenters. The van der Waals surface area contributed by atoms with Crippen LogP contribution in [-0.2, 0) is 23.8 Å². The molecule has 2 aliphatic heterocycles. The van der Waals surface area contributed by atoms with Gasteiger partial charge in [-0.25, -0.2) is 4.98 Å². The summed E-state index contributed by atoms with van der Waals surface area (Å²) in [6, 6.07) is 3.91. The maximum atomic E-state index is 13.8. The number of carbonyl (C=O) groups excluding carboxylic acids is 2. The van der Waals surface area contributed by atoms with Gasteiger partial charge < -0.3 is 19.3 Å². The molecule has 0 aromatic carbocycles. The molecule has 2 saturated heterocycles. The predicted molar refractivity (Wildman–Crippen MR) is 125 cm³/mol. The van der Waals surface area contributed by atoms with Gasteiger partial charge in [-0.3, -0.25) is 19.4 Å². The van der Waals surface area contributed by atoms with Gasteiger partial charge in [-0.2, -0.15) is 0 Å². The van der Waals surface area contributed by atoms with Crippen molar-refractivity contribution < 1.29 is 28.9 Å². The molecule has 0 bridgehead atoms. The summed E-state index contributed by atoms with van der Waals surface area (Å²) in [6.07, 6.45) is 1.61. The molecule has 3 fully saturated rings. The first kappa shape index (κ1) is 25.0. The van der Waals surface area contributed by atoms with Gasteiger partial charge in [0.2, 0.25) is 5.91 Å². The van der Waals surface area contributed by atoms with Crippen LogP contribution in [0.4, 0.5) is 5.82 Å². The van der Waals surface area contributed by atoms with E-state index in [1.165, 1.54) is 7.11 Å². The molecule has 1 aromatic heterocycles. The molecule has 9 heteroatoms. The zero-order valence-corrected chi connectivity index (χ0v) is 20.9. The maximum Gasteiger partial charge on any atom is 0.312 e. The van der Waals surface area contributed by atoms with Crippen LogP contribution in [0.15, 0.2) is 18.3 Å². The highest BCUT2D eigenvalue weighted by Gasteiger charge is 2.54. The number of anilines is 1. The highest BCUT2D eigenvalue weighted by atomic mass is 16.8. The van der Waals surface area contributed by atoms with E-state index in [4.69, 9.17) is 14.2 Å². The number of aliphatic hydroxyl groups is 1. The number of epoxide rings is 1. The molecule has 34 heavy (non-hydrogen) atoms. The second kappa shape index (κ2) is 9.53. The van der Waals surface area contributed by atoms with E-state index in [2.05, 4.69) is 18.8 Å². The Morgan fingerprint density at radius 1 is 1.21 bits per heavy atom. The Bertz CT molecular complexity index is 895. The summed E-state index contributed by atoms with van der Waals surface area (Å²) in [5, 5.41) is 11.1. The third-order valence-corrected chi connectivity index (χ3v) is 6.60. The van der Waals surface area contributed by atoms with Crippen LogP contribution in [-0.4, -0.2) is 77.3 Å². The molecule has 3 heterocycles. The second-order valence-electron chi connectivity index (χ2n) is 10.8. The lowest BCUT2D eigenvalue weighted by molar-refractivity contribution is -0.158. The minimum Gasteiger partial charge on any atom is -0.469 e. The Labute approximate surface area is 201 Å². The van der Waals surface area contributed by atoms with E-state index < -0.39 is 30.2 Å². The molecule has 4 rings (SSSR count). The fourth-order valence-electron chi connectivity index (χ4n) is 4.53. The lowest BCUT2D eigenvalue weighted by atomic mass is 9.84. The van der Waals surface area contributed by atoms with Crippen molar-refractivity contribution in [3.8, 4) is 0 Å². The molecule has 9 nitrogen and oxygen atoms in total. The number of nitrogens with zero attached hydrogens (tertiary/aromatic N) is 3. The molecule has 1 saturated carbocycles. The number of rotatable bonds is 7. The van der Waals surface area contributed by atoms with E-state index in [-0.39, 0.29) is 36.9 Å². The van der Waals surface area contributed by atoms with Crippen LogP contribution in [0.3, 0.4) is 0 Å². The number of carbonyl (C=O) groups is 2. The number of ether oxygens (including phenoxy) is 3. The van der Waals surface area contributed by atoms with E-state index in [9.17, 15) is 14.7 Å². The molecule has 1 aliphatic carbocycles. The minimum atomic E-state index is -1.16. The lowest BCUT2D eigenvalue weighted by Crippen LogP contribution is -2.58. The van der Waals surface area contributed by atoms with Crippen LogP contribution in [0.1, 0.15) is 58.9 Å². The molecule has 0 spiro atoms. The monoisotopic (exact) mass is 475 g/mol. The van der Waals surface area contributed by atoms with Gasteiger partial charge >= 0.3 is 5.97 Å². The number of methoxy groups -OCH3 is 1. The topological polar surface area (TPSA) is 105 Å². The highest BCUT2D eigenvalue weighted by Crippen LogP contribution is 2.38. The number of esters is 1. The zero-order chi connectivity index (χ0) is 24.8. The molecule has 1 amide bonds. The quantitative estimate of drug-likeness (QED) is 0.473. The van der Waals surface area contributed by atoms with E-state index in [0.29, 0.717) is 11.7 Å². The predicted octanol–water partition coefficient (Wildman–Crippen LogP) is 2.28. The van der Waals surface area contributed by atoms with Crippen molar-refractivity contribution in [3.05, 3.63) is 23.9 Å². The van der Waals surface area contributed by atoms with Crippen molar-refractivity contribution >= 4 is 17.7 Å². The van der Waals surface area contributed by atoms with Gasteiger partial charge in [0.15, 0.2) is 12.5 Å². The molecule has 1 N–H and O–H groups in total. The van der Waals surface area contributed by atoms with E-state index in [0.717, 1.165) is 18.4 Å². The van der Waals surface area contributed by atoms with Crippen LogP contribution >= 0.6 is 0 Å². The van der Waals surface area contributed by atoms with Crippen molar-refractivity contribution in [2.45, 2.75) is 83.6 Å². The average Bonchev–Trinajstić information content (AvgIpc) is 3.70. The summed E-state index contributed by atoms with van der Waals surface area (Å²) >= 11 is 0. The summed E-state index contributed by atoms with van der Waals surface area (Å²) in [5.74, 6) is -1.53. The molecule has 5 atom stereocenters. The van der Waals surface area contributed by atoms with Crippen molar-refractivity contribution in [3.63, 3.8) is 0 Å². The summed E-state index contributed by atoms with van der Waals surface area (Å²) in [4.78, 5) is 34.5. The smallest absolute Gasteiger partial charge is 0.312 e. The van der Waals surface area contributed by atoms with Gasteiger partial charge in [0.25, 0.3) is 0 Å². The Hall–Kier alpha value is -2.07. The normalized spacial score (nSPS) is 29.7. The third kappa shape index (κ3) is 5.43. The Morgan fingerprint density at radius 2 is 1.88 bits per heavy atom. The SMILES string of the molecule is COC(=O)[C@@H]1CN(C2OC2OC(C)(C)C)C[C@H](C(=O)N(c2ccc(C(C)C)cn2)C2CC2)[C@@H]1O. The number of likely N-dealkylation sites (tertiary alicyclic amines) is 1. The Kier molecular flexibility index (Phi) is 7.01. The first-order valence-electron chi connectivity index (χ1n) is 12.1. The fraction of sp³-hybridized carbons (Fsp3) is 0.720. The van der Waals surface area contributed by atoms with Crippen molar-refractivity contribution in [2.75, 3.05) is 25.1 Å². The van der Waals surface area contributed by atoms with E-state index in [1.807, 2.05) is 37.8 Å². The lowest BCUT2D eigenvalue weighted by Gasteiger charge is -2.40. The number of hydrogen-bond donors (Lipinski definition) is 1. The molecule has 0 radical (unpaired) electrons. The first-order chi connectivity index (χ1) is 16.0.